The van der Waals surface area contributed by atoms with Gasteiger partial charge in [-0.1, -0.05) is 30.3 Å². The monoisotopic (exact) mass is 262 g/mol. The van der Waals surface area contributed by atoms with Crippen molar-refractivity contribution >= 4 is 0 Å². The summed E-state index contributed by atoms with van der Waals surface area (Å²) < 4.78 is 16.6. The first-order chi connectivity index (χ1) is 9.40. The fourth-order valence-corrected chi connectivity index (χ4v) is 2.17. The highest BCUT2D eigenvalue weighted by molar-refractivity contribution is 5.13. The molecule has 0 bridgehead atoms. The second-order valence-electron chi connectivity index (χ2n) is 4.64. The Morgan fingerprint density at radius 2 is 2.05 bits per heavy atom. The lowest BCUT2D eigenvalue weighted by Crippen LogP contribution is -2.09. The maximum atomic E-state index is 5.66. The number of methoxy groups -OCH3 is 1. The van der Waals surface area contributed by atoms with E-state index in [4.69, 9.17) is 14.2 Å². The lowest BCUT2D eigenvalue weighted by Gasteiger charge is -2.20. The third-order valence-electron chi connectivity index (χ3n) is 3.19. The van der Waals surface area contributed by atoms with E-state index in [1.54, 1.807) is 7.11 Å². The molecule has 3 heteroatoms. The van der Waals surface area contributed by atoms with Crippen molar-refractivity contribution in [3.05, 3.63) is 47.4 Å². The van der Waals surface area contributed by atoms with Crippen molar-refractivity contribution in [1.29, 1.82) is 0 Å². The maximum Gasteiger partial charge on any atom is 0.134 e. The molecule has 0 spiro atoms. The summed E-state index contributed by atoms with van der Waals surface area (Å²) in [5, 5.41) is 0. The summed E-state index contributed by atoms with van der Waals surface area (Å²) in [4.78, 5) is 0. The molecule has 1 aliphatic heterocycles. The van der Waals surface area contributed by atoms with Gasteiger partial charge in [0.1, 0.15) is 11.5 Å². The van der Waals surface area contributed by atoms with E-state index in [-0.39, 0.29) is 0 Å². The first-order valence-electron chi connectivity index (χ1n) is 6.90. The molecule has 0 radical (unpaired) electrons. The summed E-state index contributed by atoms with van der Waals surface area (Å²) >= 11 is 0. The second-order valence-corrected chi connectivity index (χ2v) is 4.64. The second kappa shape index (κ2) is 7.85. The van der Waals surface area contributed by atoms with Crippen LogP contribution in [0.25, 0.3) is 0 Å². The fourth-order valence-electron chi connectivity index (χ4n) is 2.17. The molecule has 2 rings (SSSR count). The molecule has 1 aromatic carbocycles. The van der Waals surface area contributed by atoms with Crippen molar-refractivity contribution in [3.8, 4) is 0 Å². The van der Waals surface area contributed by atoms with Crippen LogP contribution in [0.2, 0.25) is 0 Å². The minimum Gasteiger partial charge on any atom is -0.498 e. The van der Waals surface area contributed by atoms with Crippen molar-refractivity contribution in [2.45, 2.75) is 32.3 Å². The van der Waals surface area contributed by atoms with Gasteiger partial charge in [-0.05, 0) is 18.4 Å². The molecule has 0 amide bonds. The Kier molecular flexibility index (Phi) is 5.76. The van der Waals surface area contributed by atoms with E-state index in [9.17, 15) is 0 Å². The van der Waals surface area contributed by atoms with Crippen LogP contribution in [-0.4, -0.2) is 20.3 Å². The molecule has 0 saturated carbocycles. The quantitative estimate of drug-likeness (QED) is 0.702. The first-order valence-corrected chi connectivity index (χ1v) is 6.90. The van der Waals surface area contributed by atoms with Gasteiger partial charge in [0.25, 0.3) is 0 Å². The average molecular weight is 262 g/mol. The normalized spacial score (nSPS) is 15.2. The summed E-state index contributed by atoms with van der Waals surface area (Å²) in [5.41, 5.74) is 1.22. The smallest absolute Gasteiger partial charge is 0.134 e. The van der Waals surface area contributed by atoms with Crippen molar-refractivity contribution in [2.75, 3.05) is 20.3 Å². The Balaban J connectivity index is 1.65. The molecule has 0 fully saturated rings. The Hall–Kier alpha value is -1.48. The van der Waals surface area contributed by atoms with Gasteiger partial charge in [-0.15, -0.1) is 0 Å². The molecule has 3 nitrogen and oxygen atoms in total. The largest absolute Gasteiger partial charge is 0.498 e. The van der Waals surface area contributed by atoms with Crippen LogP contribution in [0.5, 0.6) is 0 Å². The third kappa shape index (κ3) is 4.60. The summed E-state index contributed by atoms with van der Waals surface area (Å²) in [5.74, 6) is 2.02. The predicted molar refractivity (Wildman–Crippen MR) is 74.6 cm³/mol. The molecule has 1 aliphatic rings. The van der Waals surface area contributed by atoms with Gasteiger partial charge in [0.05, 0.1) is 20.3 Å². The molecular weight excluding hydrogens is 240 g/mol. The summed E-state index contributed by atoms with van der Waals surface area (Å²) in [6, 6.07) is 10.2. The highest BCUT2D eigenvalue weighted by atomic mass is 16.5. The van der Waals surface area contributed by atoms with E-state index >= 15 is 0 Å². The third-order valence-corrected chi connectivity index (χ3v) is 3.19. The summed E-state index contributed by atoms with van der Waals surface area (Å²) in [7, 11) is 1.72. The topological polar surface area (TPSA) is 27.7 Å². The highest BCUT2D eigenvalue weighted by Gasteiger charge is 2.13. The fraction of sp³-hybridized carbons (Fsp3) is 0.500. The Morgan fingerprint density at radius 3 is 2.84 bits per heavy atom. The van der Waals surface area contributed by atoms with E-state index in [0.717, 1.165) is 50.4 Å². The first kappa shape index (κ1) is 13.9. The van der Waals surface area contributed by atoms with Gasteiger partial charge < -0.3 is 14.2 Å². The Labute approximate surface area is 115 Å². The van der Waals surface area contributed by atoms with Crippen LogP contribution in [-0.2, 0) is 20.8 Å². The molecule has 0 aliphatic carbocycles. The predicted octanol–water partition coefficient (Wildman–Crippen LogP) is 3.65. The molecule has 0 N–H and O–H groups in total. The number of ether oxygens (including phenoxy) is 3. The van der Waals surface area contributed by atoms with Crippen molar-refractivity contribution < 1.29 is 14.2 Å². The highest BCUT2D eigenvalue weighted by Crippen LogP contribution is 2.23. The number of benzene rings is 1. The van der Waals surface area contributed by atoms with Crippen LogP contribution in [0.15, 0.2) is 41.9 Å². The van der Waals surface area contributed by atoms with E-state index in [0.29, 0.717) is 6.61 Å². The molecule has 1 aromatic rings. The van der Waals surface area contributed by atoms with Gasteiger partial charge in [0.15, 0.2) is 0 Å². The van der Waals surface area contributed by atoms with E-state index in [2.05, 4.69) is 12.1 Å². The van der Waals surface area contributed by atoms with Gasteiger partial charge in [-0.25, -0.2) is 0 Å². The number of hydrogen-bond acceptors (Lipinski definition) is 3. The van der Waals surface area contributed by atoms with E-state index in [1.807, 2.05) is 18.2 Å². The number of allylic oxidation sites excluding steroid dienone is 2. The molecule has 1 heterocycles. The molecule has 0 unspecified atom stereocenters. The Morgan fingerprint density at radius 1 is 1.21 bits per heavy atom. The SMILES string of the molecule is COC1=C(CCCOCc2ccccc2)OCCC1. The van der Waals surface area contributed by atoms with Gasteiger partial charge in [0.2, 0.25) is 0 Å². The average Bonchev–Trinajstić information content (AvgIpc) is 2.48. The molecule has 0 atom stereocenters. The van der Waals surface area contributed by atoms with E-state index in [1.165, 1.54) is 5.56 Å². The number of rotatable bonds is 7. The van der Waals surface area contributed by atoms with Crippen molar-refractivity contribution in [1.82, 2.24) is 0 Å². The van der Waals surface area contributed by atoms with E-state index < -0.39 is 0 Å². The minimum atomic E-state index is 0.678. The molecule has 0 saturated heterocycles. The standard InChI is InChI=1S/C16H22O3/c1-17-15-9-6-12-19-16(15)10-5-11-18-13-14-7-3-2-4-8-14/h2-4,7-8H,5-6,9-13H2,1H3. The zero-order valence-corrected chi connectivity index (χ0v) is 11.6. The van der Waals surface area contributed by atoms with Gasteiger partial charge in [0, 0.05) is 19.4 Å². The minimum absolute atomic E-state index is 0.678. The van der Waals surface area contributed by atoms with Crippen LogP contribution in [0.1, 0.15) is 31.2 Å². The van der Waals surface area contributed by atoms with Crippen LogP contribution in [0.3, 0.4) is 0 Å². The van der Waals surface area contributed by atoms with Crippen LogP contribution < -0.4 is 0 Å². The Bertz CT molecular complexity index is 398. The molecule has 104 valence electrons. The van der Waals surface area contributed by atoms with Crippen molar-refractivity contribution in [2.24, 2.45) is 0 Å². The summed E-state index contributed by atoms with van der Waals surface area (Å²) in [6.45, 7) is 2.24. The summed E-state index contributed by atoms with van der Waals surface area (Å²) in [6.07, 6.45) is 3.92. The molecule has 19 heavy (non-hydrogen) atoms. The van der Waals surface area contributed by atoms with Crippen LogP contribution in [0.4, 0.5) is 0 Å². The van der Waals surface area contributed by atoms with Gasteiger partial charge >= 0.3 is 0 Å². The lowest BCUT2D eigenvalue weighted by molar-refractivity contribution is 0.101. The lowest BCUT2D eigenvalue weighted by atomic mass is 10.1. The van der Waals surface area contributed by atoms with Crippen LogP contribution >= 0.6 is 0 Å². The van der Waals surface area contributed by atoms with Crippen molar-refractivity contribution in [3.63, 3.8) is 0 Å². The zero-order chi connectivity index (χ0) is 13.3. The molecular formula is C16H22O3. The molecule has 0 aromatic heterocycles. The maximum absolute atomic E-state index is 5.66. The zero-order valence-electron chi connectivity index (χ0n) is 11.6. The van der Waals surface area contributed by atoms with Gasteiger partial charge in [-0.2, -0.15) is 0 Å². The van der Waals surface area contributed by atoms with Crippen LogP contribution in [0, 0.1) is 0 Å². The van der Waals surface area contributed by atoms with Gasteiger partial charge in [-0.3, -0.25) is 0 Å². The number of hydrogen-bond donors (Lipinski definition) is 0.